The lowest BCUT2D eigenvalue weighted by Crippen LogP contribution is -2.45. The van der Waals surface area contributed by atoms with E-state index in [1.165, 1.54) is 11.7 Å². The smallest absolute Gasteiger partial charge is 0.408 e. The van der Waals surface area contributed by atoms with Gasteiger partial charge >= 0.3 is 11.8 Å². The van der Waals surface area contributed by atoms with Crippen LogP contribution in [-0.4, -0.2) is 47.3 Å². The number of aromatic nitrogens is 2. The highest BCUT2D eigenvalue weighted by Gasteiger charge is 2.41. The predicted octanol–water partition coefficient (Wildman–Crippen LogP) is 1.48. The van der Waals surface area contributed by atoms with Crippen LogP contribution in [0.2, 0.25) is 0 Å². The molecule has 1 amide bonds. The maximum absolute atomic E-state index is 15.7. The Kier molecular flexibility index (Phi) is 6.05. The van der Waals surface area contributed by atoms with E-state index in [-0.39, 0.29) is 41.3 Å². The molecule has 0 radical (unpaired) electrons. The van der Waals surface area contributed by atoms with Gasteiger partial charge in [-0.3, -0.25) is 9.36 Å². The first kappa shape index (κ1) is 24.0. The van der Waals surface area contributed by atoms with Crippen molar-refractivity contribution in [2.75, 3.05) is 26.0 Å². The summed E-state index contributed by atoms with van der Waals surface area (Å²) in [7, 11) is 1.26. The number of carbonyl (C=O) groups excluding carboxylic acids is 1. The molecule has 186 valence electrons. The molecule has 1 aliphatic carbocycles. The average Bonchev–Trinajstić information content (AvgIpc) is 3.49. The molecule has 4 N–H and O–H groups in total. The molecule has 1 saturated heterocycles. The number of hydrogen-bond acceptors (Lipinski definition) is 7. The Labute approximate surface area is 194 Å². The molecule has 12 heteroatoms. The Morgan fingerprint density at radius 3 is 2.50 bits per heavy atom. The van der Waals surface area contributed by atoms with E-state index in [0.717, 1.165) is 6.07 Å². The minimum Gasteiger partial charge on any atom is -0.494 e. The summed E-state index contributed by atoms with van der Waals surface area (Å²) in [5, 5.41) is 5.34. The number of nitrogen functional groups attached to an aromatic ring is 1. The molecule has 3 unspecified atom stereocenters. The Morgan fingerprint density at radius 1 is 1.29 bits per heavy atom. The van der Waals surface area contributed by atoms with Gasteiger partial charge in [0.05, 0.1) is 24.1 Å². The van der Waals surface area contributed by atoms with Gasteiger partial charge in [-0.05, 0) is 39.7 Å². The Bertz CT molecular complexity index is 1250. The normalized spacial score (nSPS) is 21.5. The van der Waals surface area contributed by atoms with E-state index < -0.39 is 46.9 Å². The van der Waals surface area contributed by atoms with E-state index in [1.807, 2.05) is 0 Å². The molecule has 0 spiro atoms. The number of nitrogens with two attached hydrogens (primary N) is 1. The summed E-state index contributed by atoms with van der Waals surface area (Å²) >= 11 is 0. The molecule has 2 heterocycles. The van der Waals surface area contributed by atoms with Gasteiger partial charge in [-0.15, -0.1) is 0 Å². The highest BCUT2D eigenvalue weighted by Crippen LogP contribution is 2.43. The van der Waals surface area contributed by atoms with Crippen molar-refractivity contribution < 1.29 is 23.0 Å². The van der Waals surface area contributed by atoms with Crippen molar-refractivity contribution in [1.82, 2.24) is 19.9 Å². The lowest BCUT2D eigenvalue weighted by molar-refractivity contribution is 0.0473. The van der Waals surface area contributed by atoms with E-state index in [1.54, 1.807) is 20.8 Å². The molecule has 1 aliphatic heterocycles. The Balaban J connectivity index is 1.97. The van der Waals surface area contributed by atoms with Gasteiger partial charge in [0.1, 0.15) is 23.1 Å². The van der Waals surface area contributed by atoms with Crippen molar-refractivity contribution in [3.8, 4) is 5.75 Å². The summed E-state index contributed by atoms with van der Waals surface area (Å²) in [6.07, 6.45) is -0.929. The van der Waals surface area contributed by atoms with Crippen molar-refractivity contribution in [2.24, 2.45) is 5.92 Å². The summed E-state index contributed by atoms with van der Waals surface area (Å²) < 4.78 is 43.1. The lowest BCUT2D eigenvalue weighted by atomic mass is 9.89. The van der Waals surface area contributed by atoms with Gasteiger partial charge < -0.3 is 25.9 Å². The molecule has 0 bridgehead atoms. The molecule has 34 heavy (non-hydrogen) atoms. The number of fused-ring (bicyclic) bond motifs is 1. The summed E-state index contributed by atoms with van der Waals surface area (Å²) in [6, 6.07) is -0.490. The number of nitrogens with zero attached hydrogens (tertiary/aromatic N) is 2. The first-order valence-corrected chi connectivity index (χ1v) is 11.1. The predicted molar refractivity (Wildman–Crippen MR) is 121 cm³/mol. The topological polar surface area (TPSA) is 130 Å². The number of alkyl halides is 1. The van der Waals surface area contributed by atoms with Gasteiger partial charge in [-0.25, -0.2) is 18.4 Å². The number of amides is 1. The molecule has 1 aromatic heterocycles. The van der Waals surface area contributed by atoms with Crippen molar-refractivity contribution in [3.05, 3.63) is 38.3 Å². The SMILES string of the molecule is COc1c(C(NC(=O)OC(C)(C)C)C2CNCC2F)c(F)cc2c(=O)n(N)c(=O)n(C3CC3)c12. The number of hydrogen-bond donors (Lipinski definition) is 3. The molecular weight excluding hydrogens is 452 g/mol. The van der Waals surface area contributed by atoms with E-state index >= 15 is 4.39 Å². The zero-order valence-corrected chi connectivity index (χ0v) is 19.5. The van der Waals surface area contributed by atoms with Crippen LogP contribution in [0.3, 0.4) is 0 Å². The Morgan fingerprint density at radius 2 is 1.97 bits per heavy atom. The number of methoxy groups -OCH3 is 1. The van der Waals surface area contributed by atoms with Crippen LogP contribution in [0.5, 0.6) is 5.75 Å². The fraction of sp³-hybridized carbons (Fsp3) is 0.591. The van der Waals surface area contributed by atoms with Crippen LogP contribution in [-0.2, 0) is 4.74 Å². The van der Waals surface area contributed by atoms with Crippen molar-refractivity contribution in [1.29, 1.82) is 0 Å². The van der Waals surface area contributed by atoms with Crippen molar-refractivity contribution in [2.45, 2.75) is 57.5 Å². The summed E-state index contributed by atoms with van der Waals surface area (Å²) in [5.74, 6) is 3.79. The van der Waals surface area contributed by atoms with Gasteiger partial charge in [0.15, 0.2) is 5.75 Å². The van der Waals surface area contributed by atoms with Gasteiger partial charge in [0, 0.05) is 25.0 Å². The van der Waals surface area contributed by atoms with Crippen LogP contribution < -0.4 is 32.5 Å². The first-order chi connectivity index (χ1) is 15.9. The van der Waals surface area contributed by atoms with Gasteiger partial charge in [-0.1, -0.05) is 0 Å². The van der Waals surface area contributed by atoms with E-state index in [9.17, 15) is 18.8 Å². The van der Waals surface area contributed by atoms with Crippen LogP contribution in [0.4, 0.5) is 13.6 Å². The number of alkyl carbamates (subject to hydrolysis) is 1. The molecular formula is C22H29F2N5O5. The fourth-order valence-corrected chi connectivity index (χ4v) is 4.45. The Hall–Kier alpha value is -3.15. The van der Waals surface area contributed by atoms with Crippen LogP contribution in [0, 0.1) is 11.7 Å². The standard InChI is InChI=1S/C22H29F2N5O5/c1-22(2,3)34-20(31)27-16(12-8-26-9-14(12)24)15-13(23)7-11-17(18(15)33-4)28(10-5-6-10)21(32)29(25)19(11)30/h7,10,12,14,16,26H,5-6,8-9,25H2,1-4H3,(H,27,31). The third-order valence-corrected chi connectivity index (χ3v) is 6.06. The maximum Gasteiger partial charge on any atom is 0.408 e. The second-order valence-electron chi connectivity index (χ2n) is 9.72. The third kappa shape index (κ3) is 4.22. The van der Waals surface area contributed by atoms with Gasteiger partial charge in [-0.2, -0.15) is 4.68 Å². The molecule has 2 aliphatic rings. The van der Waals surface area contributed by atoms with Gasteiger partial charge in [0.2, 0.25) is 0 Å². The molecule has 3 atom stereocenters. The maximum atomic E-state index is 15.7. The molecule has 1 saturated carbocycles. The van der Waals surface area contributed by atoms with Crippen LogP contribution in [0.25, 0.3) is 10.9 Å². The number of carbonyl (C=O) groups is 1. The van der Waals surface area contributed by atoms with E-state index in [4.69, 9.17) is 15.3 Å². The lowest BCUT2D eigenvalue weighted by Gasteiger charge is -2.30. The third-order valence-electron chi connectivity index (χ3n) is 6.06. The highest BCUT2D eigenvalue weighted by molar-refractivity contribution is 5.87. The number of nitrogens with one attached hydrogen (secondary N) is 2. The molecule has 1 aromatic carbocycles. The molecule has 2 fully saturated rings. The molecule has 4 rings (SSSR count). The highest BCUT2D eigenvalue weighted by atomic mass is 19.1. The van der Waals surface area contributed by atoms with Crippen LogP contribution in [0.1, 0.15) is 51.3 Å². The quantitative estimate of drug-likeness (QED) is 0.552. The minimum atomic E-state index is -1.40. The van der Waals surface area contributed by atoms with E-state index in [2.05, 4.69) is 10.6 Å². The summed E-state index contributed by atoms with van der Waals surface area (Å²) in [5.41, 5.74) is -2.60. The first-order valence-electron chi connectivity index (χ1n) is 11.1. The average molecular weight is 482 g/mol. The zero-order chi connectivity index (χ0) is 24.9. The van der Waals surface area contributed by atoms with Crippen molar-refractivity contribution in [3.63, 3.8) is 0 Å². The monoisotopic (exact) mass is 481 g/mol. The number of halogens is 2. The fourth-order valence-electron chi connectivity index (χ4n) is 4.45. The second kappa shape index (κ2) is 8.57. The zero-order valence-electron chi connectivity index (χ0n) is 19.5. The second-order valence-corrected chi connectivity index (χ2v) is 9.72. The number of benzene rings is 1. The molecule has 10 nitrogen and oxygen atoms in total. The summed E-state index contributed by atoms with van der Waals surface area (Å²) in [6.45, 7) is 5.18. The van der Waals surface area contributed by atoms with Crippen LogP contribution in [0.15, 0.2) is 15.7 Å². The summed E-state index contributed by atoms with van der Waals surface area (Å²) in [4.78, 5) is 38.2. The van der Waals surface area contributed by atoms with E-state index in [0.29, 0.717) is 17.5 Å². The minimum absolute atomic E-state index is 0.0271. The number of ether oxygens (including phenoxy) is 2. The van der Waals surface area contributed by atoms with Crippen LogP contribution >= 0.6 is 0 Å². The van der Waals surface area contributed by atoms with Gasteiger partial charge in [0.25, 0.3) is 5.56 Å². The van der Waals surface area contributed by atoms with Crippen molar-refractivity contribution >= 4 is 17.0 Å². The molecule has 2 aromatic rings. The number of rotatable bonds is 5. The largest absolute Gasteiger partial charge is 0.494 e.